The molecule has 0 rings (SSSR count). The van der Waals surface area contributed by atoms with Gasteiger partial charge in [-0.15, -0.1) is 0 Å². The number of hydrogen-bond acceptors (Lipinski definition) is 2. The van der Waals surface area contributed by atoms with Gasteiger partial charge in [-0.1, -0.05) is 10.2 Å². The van der Waals surface area contributed by atoms with E-state index in [0.29, 0.717) is 0 Å². The van der Waals surface area contributed by atoms with Crippen LogP contribution in [0, 0.1) is 40.8 Å². The molecule has 0 saturated heterocycles. The second-order valence-electron chi connectivity index (χ2n) is 0.0680. The Morgan fingerprint density at radius 3 is 1.75 bits per heavy atom. The van der Waals surface area contributed by atoms with Crippen molar-refractivity contribution in [2.24, 2.45) is 0 Å². The quantitative estimate of drug-likeness (QED) is 0.322. The molecular formula is O3U. The SMILES string of the molecule is O=[O+][O-].[U]. The van der Waals surface area contributed by atoms with Gasteiger partial charge >= 0.3 is 0 Å². The summed E-state index contributed by atoms with van der Waals surface area (Å²) in [6.45, 7) is 0. The molecule has 0 heterocycles. The normalized spacial score (nSPS) is 3.00. The summed E-state index contributed by atoms with van der Waals surface area (Å²) >= 11 is 0. The molecule has 22 valence electrons. The van der Waals surface area contributed by atoms with Crippen LogP contribution in [0.3, 0.4) is 0 Å². The summed E-state index contributed by atoms with van der Waals surface area (Å²) in [7, 11) is 0. The van der Waals surface area contributed by atoms with Gasteiger partial charge < -0.3 is 0 Å². The first kappa shape index (κ1) is 8.82. The van der Waals surface area contributed by atoms with Crippen molar-refractivity contribution in [3.8, 4) is 0 Å². The third kappa shape index (κ3) is 25.3. The van der Waals surface area contributed by atoms with E-state index >= 15 is 0 Å². The second-order valence-corrected chi connectivity index (χ2v) is 0.0680. The molecule has 4 heteroatoms. The van der Waals surface area contributed by atoms with Gasteiger partial charge in [0.15, 0.2) is 4.75 Å². The van der Waals surface area contributed by atoms with Crippen molar-refractivity contribution < 1.29 is 36.4 Å². The summed E-state index contributed by atoms with van der Waals surface area (Å²) in [4.78, 5) is 7.88. The summed E-state index contributed by atoms with van der Waals surface area (Å²) in [5.74, 6) is 0. The first-order chi connectivity index (χ1) is 1.41. The van der Waals surface area contributed by atoms with Gasteiger partial charge in [0.1, 0.15) is 0 Å². The minimum Gasteiger partial charge on any atom is -0.0772 e. The third-order valence-corrected chi connectivity index (χ3v) is 0. The molecule has 0 spiro atoms. The fourth-order valence-corrected chi connectivity index (χ4v) is 0. The molecule has 0 N–H and O–H groups in total. The molecule has 0 saturated carbocycles. The summed E-state index contributed by atoms with van der Waals surface area (Å²) in [6, 6.07) is 0. The van der Waals surface area contributed by atoms with Gasteiger partial charge in [-0.05, 0) is 0 Å². The van der Waals surface area contributed by atoms with Crippen molar-refractivity contribution in [1.82, 2.24) is 0 Å². The van der Waals surface area contributed by atoms with Crippen LogP contribution >= 0.6 is 0 Å². The Bertz CT molecular complexity index is 10.8. The van der Waals surface area contributed by atoms with Crippen LogP contribution in [-0.2, 0) is 0 Å². The van der Waals surface area contributed by atoms with E-state index in [-0.39, 0.29) is 31.1 Å². The smallest absolute Gasteiger partial charge is 0.0772 e. The van der Waals surface area contributed by atoms with Gasteiger partial charge in [-0.25, -0.2) is 0 Å². The Balaban J connectivity index is 0. The molecule has 0 fully saturated rings. The average Bonchev–Trinajstić information content (AvgIpc) is 0.918. The van der Waals surface area contributed by atoms with E-state index in [1.54, 1.807) is 4.75 Å². The largest absolute Gasteiger partial charge is 0.154 e. The van der Waals surface area contributed by atoms with Gasteiger partial charge in [0.05, 0.1) is 0 Å². The van der Waals surface area contributed by atoms with Crippen molar-refractivity contribution in [2.45, 2.75) is 0 Å². The molecule has 0 aromatic rings. The molecule has 0 unspecified atom stereocenters. The fraction of sp³-hybridized carbons (Fsp3) is 0. The van der Waals surface area contributed by atoms with E-state index in [2.05, 4.69) is 0 Å². The first-order valence-corrected chi connectivity index (χ1v) is 0.333. The molecule has 0 aliphatic rings. The van der Waals surface area contributed by atoms with Crippen LogP contribution < -0.4 is 5.26 Å². The van der Waals surface area contributed by atoms with Gasteiger partial charge in [-0.3, -0.25) is 0 Å². The minimum atomic E-state index is 0. The van der Waals surface area contributed by atoms with Crippen LogP contribution in [0.4, 0.5) is 0 Å². The standard InChI is InChI=1S/O3.U/c1-3-2;. The van der Waals surface area contributed by atoms with Crippen molar-refractivity contribution in [3.63, 3.8) is 0 Å². The summed E-state index contributed by atoms with van der Waals surface area (Å²) in [6.07, 6.45) is 0. The van der Waals surface area contributed by atoms with Crippen molar-refractivity contribution in [3.05, 3.63) is 9.71 Å². The maximum atomic E-state index is 7.88. The van der Waals surface area contributed by atoms with Crippen LogP contribution in [0.5, 0.6) is 0 Å². The fourth-order valence-electron chi connectivity index (χ4n) is 0. The van der Waals surface area contributed by atoms with E-state index in [0.717, 1.165) is 0 Å². The Morgan fingerprint density at radius 2 is 1.75 bits per heavy atom. The van der Waals surface area contributed by atoms with Crippen LogP contribution in [0.25, 0.3) is 0 Å². The molecule has 4 heavy (non-hydrogen) atoms. The molecule has 0 atom stereocenters. The van der Waals surface area contributed by atoms with E-state index in [1.807, 2.05) is 0 Å². The zero-order valence-corrected chi connectivity index (χ0v) is 5.89. The maximum absolute atomic E-state index is 7.88. The molecule has 0 amide bonds. The summed E-state index contributed by atoms with van der Waals surface area (Å²) in [5, 5.41) is 7.88. The molecule has 0 bridgehead atoms. The van der Waals surface area contributed by atoms with Crippen LogP contribution in [-0.4, -0.2) is 0 Å². The Morgan fingerprint density at radius 1 is 1.75 bits per heavy atom. The van der Waals surface area contributed by atoms with Crippen LogP contribution in [0.15, 0.2) is 0 Å². The van der Waals surface area contributed by atoms with Crippen LogP contribution in [0.2, 0.25) is 0 Å². The van der Waals surface area contributed by atoms with Gasteiger partial charge in [0, 0.05) is 31.1 Å². The average molecular weight is 286 g/mol. The van der Waals surface area contributed by atoms with Crippen LogP contribution in [0.1, 0.15) is 0 Å². The minimum absolute atomic E-state index is 0. The molecule has 0 radical (unpaired) electrons. The Labute approximate surface area is 46.2 Å². The molecule has 0 aliphatic carbocycles. The van der Waals surface area contributed by atoms with E-state index < -0.39 is 0 Å². The topological polar surface area (TPSA) is 51.4 Å². The van der Waals surface area contributed by atoms with Crippen molar-refractivity contribution in [1.29, 1.82) is 0 Å². The van der Waals surface area contributed by atoms with Gasteiger partial charge in [-0.2, -0.15) is 0 Å². The molecule has 0 aromatic heterocycles. The number of rotatable bonds is 0. The predicted molar refractivity (Wildman–Crippen MR) is 6.73 cm³/mol. The van der Waals surface area contributed by atoms with Gasteiger partial charge in [0.25, 0.3) is 0 Å². The second kappa shape index (κ2) is 9.84. The molecule has 0 aliphatic heterocycles. The van der Waals surface area contributed by atoms with E-state index in [4.69, 9.17) is 10.2 Å². The zero-order chi connectivity index (χ0) is 2.71. The first-order valence-electron chi connectivity index (χ1n) is 0.333. The Hall–Kier alpha value is 0.452. The van der Waals surface area contributed by atoms with Crippen molar-refractivity contribution >= 4 is 0 Å². The van der Waals surface area contributed by atoms with E-state index in [1.165, 1.54) is 0 Å². The van der Waals surface area contributed by atoms with E-state index in [9.17, 15) is 0 Å². The molecule has 3 nitrogen and oxygen atoms in total. The summed E-state index contributed by atoms with van der Waals surface area (Å²) < 4.78 is 1.75. The predicted octanol–water partition coefficient (Wildman–Crippen LogP) is -1.12. The summed E-state index contributed by atoms with van der Waals surface area (Å²) in [5.41, 5.74) is 0. The zero-order valence-electron chi connectivity index (χ0n) is 1.72. The third-order valence-electron chi connectivity index (χ3n) is 0. The monoisotopic (exact) mass is 286 g/mol. The van der Waals surface area contributed by atoms with Gasteiger partial charge in [0.2, 0.25) is 0 Å². The van der Waals surface area contributed by atoms with Crippen molar-refractivity contribution in [2.75, 3.05) is 0 Å². The maximum Gasteiger partial charge on any atom is 0.154 e. The molecular weight excluding hydrogens is 286 g/mol. The molecule has 0 aromatic carbocycles. The number of hydrogen-bond donors (Lipinski definition) is 0. The Kier molecular flexibility index (Phi) is 21.7.